The van der Waals surface area contributed by atoms with Crippen LogP contribution < -0.4 is 11.1 Å². The molecule has 0 heterocycles. The van der Waals surface area contributed by atoms with Gasteiger partial charge in [0.15, 0.2) is 0 Å². The number of aliphatic hydroxyl groups is 1. The molecule has 1 aromatic carbocycles. The van der Waals surface area contributed by atoms with Crippen molar-refractivity contribution in [1.29, 1.82) is 0 Å². The highest BCUT2D eigenvalue weighted by Gasteiger charge is 2.07. The number of para-hydroxylation sites is 1. The minimum Gasteiger partial charge on any atom is -0.397 e. The number of nitrogen functional groups attached to an aromatic ring is 1. The van der Waals surface area contributed by atoms with Crippen molar-refractivity contribution in [3.05, 3.63) is 23.8 Å². The molecule has 0 aliphatic carbocycles. The Morgan fingerprint density at radius 3 is 2.94 bits per heavy atom. The van der Waals surface area contributed by atoms with Crippen LogP contribution in [0.1, 0.15) is 5.56 Å². The van der Waals surface area contributed by atoms with Crippen LogP contribution in [0.5, 0.6) is 0 Å². The van der Waals surface area contributed by atoms with Crippen LogP contribution >= 0.6 is 11.8 Å². The first-order valence-corrected chi connectivity index (χ1v) is 6.14. The summed E-state index contributed by atoms with van der Waals surface area (Å²) in [6.07, 6.45) is 0. The first kappa shape index (κ1) is 12.9. The number of carbonyl (C=O) groups excluding carboxylic acids is 1. The van der Waals surface area contributed by atoms with Gasteiger partial charge in [-0.25, -0.2) is 0 Å². The molecule has 0 atom stereocenters. The van der Waals surface area contributed by atoms with Crippen LogP contribution in [0.3, 0.4) is 0 Å². The van der Waals surface area contributed by atoms with E-state index in [4.69, 9.17) is 10.8 Å². The lowest BCUT2D eigenvalue weighted by Gasteiger charge is -2.10. The average Bonchev–Trinajstić information content (AvgIpc) is 2.24. The Kier molecular flexibility index (Phi) is 5.14. The van der Waals surface area contributed by atoms with E-state index in [1.807, 2.05) is 19.1 Å². The number of amides is 1. The van der Waals surface area contributed by atoms with Gasteiger partial charge in [0.05, 0.1) is 23.7 Å². The number of anilines is 2. The lowest BCUT2D eigenvalue weighted by molar-refractivity contribution is -0.113. The molecule has 0 saturated carbocycles. The van der Waals surface area contributed by atoms with Gasteiger partial charge in [-0.2, -0.15) is 0 Å². The first-order chi connectivity index (χ1) is 7.65. The Labute approximate surface area is 99.2 Å². The largest absolute Gasteiger partial charge is 0.397 e. The van der Waals surface area contributed by atoms with E-state index in [2.05, 4.69) is 5.32 Å². The number of thioether (sulfide) groups is 1. The summed E-state index contributed by atoms with van der Waals surface area (Å²) in [6, 6.07) is 5.50. The number of aliphatic hydroxyl groups excluding tert-OH is 1. The van der Waals surface area contributed by atoms with Crippen molar-refractivity contribution >= 4 is 29.0 Å². The predicted octanol–water partition coefficient (Wildman–Crippen LogP) is 1.24. The number of carbonyl (C=O) groups is 1. The van der Waals surface area contributed by atoms with Crippen LogP contribution in [0.25, 0.3) is 0 Å². The van der Waals surface area contributed by atoms with E-state index in [9.17, 15) is 4.79 Å². The third kappa shape index (κ3) is 3.75. The second-order valence-corrected chi connectivity index (χ2v) is 4.47. The molecule has 4 N–H and O–H groups in total. The van der Waals surface area contributed by atoms with E-state index >= 15 is 0 Å². The highest BCUT2D eigenvalue weighted by atomic mass is 32.2. The molecular weight excluding hydrogens is 224 g/mol. The Morgan fingerprint density at radius 1 is 1.56 bits per heavy atom. The van der Waals surface area contributed by atoms with Gasteiger partial charge >= 0.3 is 0 Å². The number of nitrogens with two attached hydrogens (primary N) is 1. The van der Waals surface area contributed by atoms with Gasteiger partial charge < -0.3 is 16.2 Å². The van der Waals surface area contributed by atoms with Gasteiger partial charge in [0.1, 0.15) is 0 Å². The highest BCUT2D eigenvalue weighted by molar-refractivity contribution is 7.99. The molecule has 4 nitrogen and oxygen atoms in total. The molecule has 0 spiro atoms. The molecule has 1 rings (SSSR count). The Hall–Kier alpha value is -1.20. The summed E-state index contributed by atoms with van der Waals surface area (Å²) >= 11 is 1.39. The van der Waals surface area contributed by atoms with Crippen LogP contribution in [0.2, 0.25) is 0 Å². The molecule has 1 amide bonds. The lowest BCUT2D eigenvalue weighted by atomic mass is 10.1. The minimum atomic E-state index is -0.0977. The second-order valence-electron chi connectivity index (χ2n) is 3.36. The molecule has 0 aromatic heterocycles. The third-order valence-corrected chi connectivity index (χ3v) is 2.98. The number of benzene rings is 1. The van der Waals surface area contributed by atoms with Gasteiger partial charge in [-0.1, -0.05) is 12.1 Å². The van der Waals surface area contributed by atoms with E-state index in [1.165, 1.54) is 11.8 Å². The topological polar surface area (TPSA) is 75.3 Å². The monoisotopic (exact) mass is 240 g/mol. The van der Waals surface area contributed by atoms with E-state index < -0.39 is 0 Å². The van der Waals surface area contributed by atoms with Crippen LogP contribution in [-0.4, -0.2) is 29.1 Å². The summed E-state index contributed by atoms with van der Waals surface area (Å²) in [7, 11) is 0. The molecule has 0 aliphatic heterocycles. The first-order valence-electron chi connectivity index (χ1n) is 4.98. The summed E-state index contributed by atoms with van der Waals surface area (Å²) in [4.78, 5) is 11.5. The maximum absolute atomic E-state index is 11.5. The fourth-order valence-corrected chi connectivity index (χ4v) is 1.80. The Balaban J connectivity index is 2.56. The molecule has 1 aromatic rings. The van der Waals surface area contributed by atoms with Crippen LogP contribution in [0.4, 0.5) is 11.4 Å². The van der Waals surface area contributed by atoms with Crippen LogP contribution in [-0.2, 0) is 4.79 Å². The molecule has 0 aliphatic rings. The van der Waals surface area contributed by atoms with Crippen LogP contribution in [0, 0.1) is 6.92 Å². The Morgan fingerprint density at radius 2 is 2.31 bits per heavy atom. The van der Waals surface area contributed by atoms with Crippen molar-refractivity contribution in [2.24, 2.45) is 0 Å². The summed E-state index contributed by atoms with van der Waals surface area (Å²) in [6.45, 7) is 1.98. The van der Waals surface area contributed by atoms with Gasteiger partial charge in [0, 0.05) is 5.75 Å². The second kappa shape index (κ2) is 6.40. The molecule has 88 valence electrons. The Bertz CT molecular complexity index is 349. The van der Waals surface area contributed by atoms with Crippen molar-refractivity contribution in [3.8, 4) is 0 Å². The van der Waals surface area contributed by atoms with Crippen molar-refractivity contribution in [2.45, 2.75) is 6.92 Å². The average molecular weight is 240 g/mol. The molecule has 0 unspecified atom stereocenters. The van der Waals surface area contributed by atoms with Crippen LogP contribution in [0.15, 0.2) is 18.2 Å². The van der Waals surface area contributed by atoms with Crippen molar-refractivity contribution in [2.75, 3.05) is 29.2 Å². The zero-order valence-corrected chi connectivity index (χ0v) is 10.0. The molecule has 0 radical (unpaired) electrons. The number of rotatable bonds is 5. The fraction of sp³-hybridized carbons (Fsp3) is 0.364. The highest BCUT2D eigenvalue weighted by Crippen LogP contribution is 2.22. The van der Waals surface area contributed by atoms with Crippen molar-refractivity contribution < 1.29 is 9.90 Å². The number of nitrogens with one attached hydrogen (secondary N) is 1. The van der Waals surface area contributed by atoms with Crippen molar-refractivity contribution in [3.63, 3.8) is 0 Å². The molecule has 5 heteroatoms. The molecule has 0 bridgehead atoms. The van der Waals surface area contributed by atoms with Gasteiger partial charge in [-0.15, -0.1) is 11.8 Å². The summed E-state index contributed by atoms with van der Waals surface area (Å²) < 4.78 is 0. The zero-order chi connectivity index (χ0) is 12.0. The number of hydrogen-bond acceptors (Lipinski definition) is 4. The molecule has 0 fully saturated rings. The fourth-order valence-electron chi connectivity index (χ4n) is 1.27. The molecule has 16 heavy (non-hydrogen) atoms. The molecular formula is C11H16N2O2S. The summed E-state index contributed by atoms with van der Waals surface area (Å²) in [5, 5.41) is 11.4. The lowest BCUT2D eigenvalue weighted by Crippen LogP contribution is -2.16. The maximum Gasteiger partial charge on any atom is 0.234 e. The normalized spacial score (nSPS) is 10.1. The van der Waals surface area contributed by atoms with Gasteiger partial charge in [-0.05, 0) is 18.6 Å². The smallest absolute Gasteiger partial charge is 0.234 e. The zero-order valence-electron chi connectivity index (χ0n) is 9.19. The molecule has 0 saturated heterocycles. The quantitative estimate of drug-likeness (QED) is 0.534. The van der Waals surface area contributed by atoms with E-state index in [1.54, 1.807) is 6.07 Å². The number of hydrogen-bond donors (Lipinski definition) is 3. The standard InChI is InChI=1S/C11H16N2O2S/c1-8-3-2-4-9(12)11(8)13-10(15)7-16-6-5-14/h2-4,14H,5-7,12H2,1H3,(H,13,15). The summed E-state index contributed by atoms with van der Waals surface area (Å²) in [5.74, 6) is 0.796. The number of aryl methyl sites for hydroxylation is 1. The van der Waals surface area contributed by atoms with Gasteiger partial charge in [0.2, 0.25) is 5.91 Å². The van der Waals surface area contributed by atoms with E-state index in [-0.39, 0.29) is 12.5 Å². The van der Waals surface area contributed by atoms with Gasteiger partial charge in [0.25, 0.3) is 0 Å². The van der Waals surface area contributed by atoms with Crippen molar-refractivity contribution in [1.82, 2.24) is 0 Å². The SMILES string of the molecule is Cc1cccc(N)c1NC(=O)CSCCO. The van der Waals surface area contributed by atoms with E-state index in [0.717, 1.165) is 5.56 Å². The summed E-state index contributed by atoms with van der Waals surface area (Å²) in [5.41, 5.74) is 7.96. The van der Waals surface area contributed by atoms with E-state index in [0.29, 0.717) is 22.9 Å². The van der Waals surface area contributed by atoms with Gasteiger partial charge in [-0.3, -0.25) is 4.79 Å². The predicted molar refractivity (Wildman–Crippen MR) is 68.6 cm³/mol. The minimum absolute atomic E-state index is 0.0877. The maximum atomic E-state index is 11.5. The third-order valence-electron chi connectivity index (χ3n) is 2.04.